The van der Waals surface area contributed by atoms with Gasteiger partial charge in [-0.2, -0.15) is 0 Å². The second-order valence-electron chi connectivity index (χ2n) is 6.28. The van der Waals surface area contributed by atoms with E-state index in [1.54, 1.807) is 31.1 Å². The zero-order valence-electron chi connectivity index (χ0n) is 13.4. The Morgan fingerprint density at radius 1 is 1.43 bits per heavy atom. The lowest BCUT2D eigenvalue weighted by atomic mass is 9.93. The molecule has 1 aromatic rings. The number of rotatable bonds is 3. The van der Waals surface area contributed by atoms with E-state index >= 15 is 0 Å². The minimum absolute atomic E-state index is 0.00178. The molecule has 2 unspecified atom stereocenters. The maximum atomic E-state index is 12.3. The molecule has 0 spiro atoms. The Balaban J connectivity index is 2.22. The van der Waals surface area contributed by atoms with Crippen LogP contribution in [0.15, 0.2) is 18.2 Å². The fourth-order valence-corrected chi connectivity index (χ4v) is 2.88. The molecular formula is C16H26N4O. The summed E-state index contributed by atoms with van der Waals surface area (Å²) in [4.78, 5) is 16.2. The zero-order valence-corrected chi connectivity index (χ0v) is 13.4. The van der Waals surface area contributed by atoms with Crippen molar-refractivity contribution in [1.29, 1.82) is 0 Å². The van der Waals surface area contributed by atoms with Crippen LogP contribution in [-0.2, 0) is 0 Å². The molecule has 5 nitrogen and oxygen atoms in total. The minimum Gasteiger partial charge on any atom is -0.399 e. The minimum atomic E-state index is -0.00178. The van der Waals surface area contributed by atoms with Gasteiger partial charge in [0.15, 0.2) is 0 Å². The Morgan fingerprint density at radius 3 is 2.76 bits per heavy atom. The van der Waals surface area contributed by atoms with Crippen molar-refractivity contribution in [1.82, 2.24) is 9.80 Å². The van der Waals surface area contributed by atoms with Crippen molar-refractivity contribution in [3.05, 3.63) is 23.8 Å². The van der Waals surface area contributed by atoms with Crippen molar-refractivity contribution in [2.45, 2.75) is 19.4 Å². The smallest absolute Gasteiger partial charge is 0.255 e. The molecule has 0 saturated carbocycles. The van der Waals surface area contributed by atoms with Gasteiger partial charge >= 0.3 is 0 Å². The summed E-state index contributed by atoms with van der Waals surface area (Å²) >= 11 is 0. The van der Waals surface area contributed by atoms with Gasteiger partial charge in [0.25, 0.3) is 5.91 Å². The quantitative estimate of drug-likeness (QED) is 0.832. The summed E-state index contributed by atoms with van der Waals surface area (Å²) < 4.78 is 0. The van der Waals surface area contributed by atoms with Gasteiger partial charge < -0.3 is 20.9 Å². The van der Waals surface area contributed by atoms with Crippen molar-refractivity contribution in [3.63, 3.8) is 0 Å². The Morgan fingerprint density at radius 2 is 2.14 bits per heavy atom. The molecule has 5 heteroatoms. The number of carbonyl (C=O) groups excluding carboxylic acids is 1. The second kappa shape index (κ2) is 6.35. The molecule has 1 amide bonds. The number of anilines is 2. The number of likely N-dealkylation sites (tertiary alicyclic amines) is 1. The Kier molecular flexibility index (Phi) is 4.73. The molecular weight excluding hydrogens is 264 g/mol. The molecule has 0 aliphatic carbocycles. The third-order valence-corrected chi connectivity index (χ3v) is 4.13. The third kappa shape index (κ3) is 3.67. The summed E-state index contributed by atoms with van der Waals surface area (Å²) in [7, 11) is 5.68. The van der Waals surface area contributed by atoms with Crippen LogP contribution in [0.4, 0.5) is 11.4 Å². The highest BCUT2D eigenvalue weighted by atomic mass is 16.2. The van der Waals surface area contributed by atoms with E-state index in [1.807, 2.05) is 6.07 Å². The van der Waals surface area contributed by atoms with Crippen molar-refractivity contribution in [2.24, 2.45) is 5.92 Å². The average molecular weight is 290 g/mol. The molecule has 2 atom stereocenters. The topological polar surface area (TPSA) is 61.6 Å². The lowest BCUT2D eigenvalue weighted by Gasteiger charge is -2.36. The molecule has 21 heavy (non-hydrogen) atoms. The zero-order chi connectivity index (χ0) is 15.6. The van der Waals surface area contributed by atoms with E-state index in [9.17, 15) is 4.79 Å². The van der Waals surface area contributed by atoms with Gasteiger partial charge in [-0.3, -0.25) is 4.79 Å². The fraction of sp³-hybridized carbons (Fsp3) is 0.562. The average Bonchev–Trinajstić information content (AvgIpc) is 2.41. The summed E-state index contributed by atoms with van der Waals surface area (Å²) in [5, 5.41) is 3.54. The Labute approximate surface area is 127 Å². The summed E-state index contributed by atoms with van der Waals surface area (Å²) in [6.45, 7) is 4.38. The number of hydrogen-bond donors (Lipinski definition) is 2. The molecule has 1 aromatic carbocycles. The first kappa shape index (κ1) is 15.6. The van der Waals surface area contributed by atoms with Gasteiger partial charge in [-0.1, -0.05) is 6.92 Å². The van der Waals surface area contributed by atoms with Crippen molar-refractivity contribution >= 4 is 17.3 Å². The third-order valence-electron chi connectivity index (χ3n) is 4.13. The molecule has 0 aromatic heterocycles. The number of nitrogens with two attached hydrogens (primary N) is 1. The summed E-state index contributed by atoms with van der Waals surface area (Å²) in [5.74, 6) is 0.533. The van der Waals surface area contributed by atoms with E-state index < -0.39 is 0 Å². The maximum Gasteiger partial charge on any atom is 0.255 e. The van der Waals surface area contributed by atoms with Crippen LogP contribution in [-0.4, -0.2) is 56.0 Å². The highest BCUT2D eigenvalue weighted by Gasteiger charge is 2.25. The van der Waals surface area contributed by atoms with Crippen molar-refractivity contribution in [3.8, 4) is 0 Å². The largest absolute Gasteiger partial charge is 0.399 e. The van der Waals surface area contributed by atoms with Crippen LogP contribution in [0.1, 0.15) is 23.7 Å². The molecule has 3 N–H and O–H groups in total. The number of nitrogens with one attached hydrogen (secondary N) is 1. The first-order valence-electron chi connectivity index (χ1n) is 7.44. The molecule has 1 fully saturated rings. The van der Waals surface area contributed by atoms with Crippen LogP contribution in [0.2, 0.25) is 0 Å². The molecule has 1 heterocycles. The van der Waals surface area contributed by atoms with Gasteiger partial charge in [-0.15, -0.1) is 0 Å². The van der Waals surface area contributed by atoms with Gasteiger partial charge in [0.05, 0.1) is 5.56 Å². The van der Waals surface area contributed by atoms with Gasteiger partial charge in [0, 0.05) is 38.1 Å². The number of hydrogen-bond acceptors (Lipinski definition) is 4. The molecule has 116 valence electrons. The van der Waals surface area contributed by atoms with Crippen LogP contribution in [0, 0.1) is 5.92 Å². The lowest BCUT2D eigenvalue weighted by Crippen LogP contribution is -2.43. The van der Waals surface area contributed by atoms with E-state index in [2.05, 4.69) is 24.2 Å². The number of benzene rings is 1. The summed E-state index contributed by atoms with van der Waals surface area (Å²) in [6, 6.07) is 5.82. The number of carbonyl (C=O) groups is 1. The van der Waals surface area contributed by atoms with Crippen molar-refractivity contribution < 1.29 is 4.79 Å². The van der Waals surface area contributed by atoms with E-state index in [0.717, 1.165) is 25.2 Å². The number of nitrogen functional groups attached to an aromatic ring is 1. The molecule has 0 radical (unpaired) electrons. The highest BCUT2D eigenvalue weighted by Crippen LogP contribution is 2.25. The maximum absolute atomic E-state index is 12.3. The molecule has 0 bridgehead atoms. The van der Waals surface area contributed by atoms with E-state index in [4.69, 9.17) is 5.73 Å². The molecule has 1 aliphatic heterocycles. The summed E-state index contributed by atoms with van der Waals surface area (Å²) in [6.07, 6.45) is 1.07. The van der Waals surface area contributed by atoms with Gasteiger partial charge in [0.2, 0.25) is 0 Å². The number of nitrogens with zero attached hydrogens (tertiary/aromatic N) is 2. The summed E-state index contributed by atoms with van der Waals surface area (Å²) in [5.41, 5.74) is 8.09. The molecule has 1 saturated heterocycles. The van der Waals surface area contributed by atoms with Crippen LogP contribution >= 0.6 is 0 Å². The Hall–Kier alpha value is -1.75. The SMILES string of the molecule is CC1CN(C)CCC1Nc1cc(N)ccc1C(=O)N(C)C. The van der Waals surface area contributed by atoms with E-state index in [-0.39, 0.29) is 5.91 Å². The van der Waals surface area contributed by atoms with E-state index in [0.29, 0.717) is 23.2 Å². The monoisotopic (exact) mass is 290 g/mol. The van der Waals surface area contributed by atoms with Crippen LogP contribution in [0.5, 0.6) is 0 Å². The lowest BCUT2D eigenvalue weighted by molar-refractivity contribution is 0.0828. The highest BCUT2D eigenvalue weighted by molar-refractivity contribution is 6.00. The van der Waals surface area contributed by atoms with Gasteiger partial charge in [-0.05, 0) is 44.1 Å². The molecule has 1 aliphatic rings. The number of piperidine rings is 1. The normalized spacial score (nSPS) is 22.9. The number of amides is 1. The Bertz CT molecular complexity index is 515. The van der Waals surface area contributed by atoms with Crippen LogP contribution < -0.4 is 11.1 Å². The fourth-order valence-electron chi connectivity index (χ4n) is 2.88. The predicted molar refractivity (Wildman–Crippen MR) is 87.6 cm³/mol. The standard InChI is InChI=1S/C16H26N4O/c1-11-10-20(4)8-7-14(11)18-15-9-12(17)5-6-13(15)16(21)19(2)3/h5-6,9,11,14,18H,7-8,10,17H2,1-4H3. The van der Waals surface area contributed by atoms with Gasteiger partial charge in [-0.25, -0.2) is 0 Å². The van der Waals surface area contributed by atoms with E-state index in [1.165, 1.54) is 0 Å². The first-order chi connectivity index (χ1) is 9.88. The second-order valence-corrected chi connectivity index (χ2v) is 6.28. The first-order valence-corrected chi connectivity index (χ1v) is 7.44. The van der Waals surface area contributed by atoms with Gasteiger partial charge in [0.1, 0.15) is 0 Å². The molecule has 2 rings (SSSR count). The van der Waals surface area contributed by atoms with Crippen LogP contribution in [0.25, 0.3) is 0 Å². The van der Waals surface area contributed by atoms with Crippen molar-refractivity contribution in [2.75, 3.05) is 45.3 Å². The van der Waals surface area contributed by atoms with Crippen LogP contribution in [0.3, 0.4) is 0 Å². The predicted octanol–water partition coefficient (Wildman–Crippen LogP) is 1.72.